The third kappa shape index (κ3) is 6.56. The molecule has 0 saturated carbocycles. The maximum atomic E-state index is 12.9. The van der Waals surface area contributed by atoms with Crippen LogP contribution in [-0.4, -0.2) is 49.1 Å². The lowest BCUT2D eigenvalue weighted by atomic mass is 9.91. The molecule has 2 aromatic carbocycles. The molecule has 8 nitrogen and oxygen atoms in total. The highest BCUT2D eigenvalue weighted by atomic mass is 35.5. The molecule has 200 valence electrons. The Morgan fingerprint density at radius 3 is 2.32 bits per heavy atom. The summed E-state index contributed by atoms with van der Waals surface area (Å²) in [5.74, 6) is 0.742. The van der Waals surface area contributed by atoms with E-state index in [-0.39, 0.29) is 6.42 Å². The minimum atomic E-state index is -1.18. The van der Waals surface area contributed by atoms with Crippen LogP contribution < -0.4 is 14.2 Å². The SMILES string of the molecule is CCCCc1ncc(C(O)C(Cc2cc(OC)c(OC)c(OC)c2)C(=O)OC)n1Cc1ccccc1Cl. The number of carbonyl (C=O) groups is 1. The van der Waals surface area contributed by atoms with Crippen molar-refractivity contribution in [2.24, 2.45) is 5.92 Å². The predicted octanol–water partition coefficient (Wildman–Crippen LogP) is 5.02. The van der Waals surface area contributed by atoms with Gasteiger partial charge in [-0.25, -0.2) is 4.98 Å². The van der Waals surface area contributed by atoms with Crippen molar-refractivity contribution in [3.63, 3.8) is 0 Å². The van der Waals surface area contributed by atoms with Crippen molar-refractivity contribution in [3.8, 4) is 17.2 Å². The Kier molecular flexibility index (Phi) is 10.2. The van der Waals surface area contributed by atoms with Gasteiger partial charge in [0.2, 0.25) is 5.75 Å². The molecule has 2 atom stereocenters. The molecule has 2 unspecified atom stereocenters. The van der Waals surface area contributed by atoms with E-state index in [4.69, 9.17) is 30.5 Å². The Bertz CT molecular complexity index is 1170. The lowest BCUT2D eigenvalue weighted by Crippen LogP contribution is -2.28. The van der Waals surface area contributed by atoms with Gasteiger partial charge in [-0.15, -0.1) is 0 Å². The fourth-order valence-electron chi connectivity index (χ4n) is 4.37. The number of benzene rings is 2. The molecule has 1 aromatic heterocycles. The molecule has 1 heterocycles. The third-order valence-corrected chi connectivity index (χ3v) is 6.75. The number of carbonyl (C=O) groups excluding carboxylic acids is 1. The molecular formula is C28H35ClN2O6. The van der Waals surface area contributed by atoms with E-state index in [0.29, 0.717) is 40.1 Å². The van der Waals surface area contributed by atoms with E-state index in [0.717, 1.165) is 30.7 Å². The van der Waals surface area contributed by atoms with Crippen LogP contribution in [0.4, 0.5) is 0 Å². The number of methoxy groups -OCH3 is 4. The number of halogens is 1. The Morgan fingerprint density at radius 1 is 1.08 bits per heavy atom. The van der Waals surface area contributed by atoms with Gasteiger partial charge in [-0.05, 0) is 42.2 Å². The van der Waals surface area contributed by atoms with Gasteiger partial charge in [-0.1, -0.05) is 43.1 Å². The molecule has 0 fully saturated rings. The standard InChI is InChI=1S/C28H35ClN2O6/c1-6-7-12-25-30-16-22(31(25)17-19-10-8-9-11-21(19)29)26(32)20(28(33)37-5)13-18-14-23(34-2)27(36-4)24(15-18)35-3/h8-11,14-16,20,26,32H,6-7,12-13,17H2,1-5H3. The Morgan fingerprint density at radius 2 is 1.76 bits per heavy atom. The average molecular weight is 531 g/mol. The van der Waals surface area contributed by atoms with Crippen LogP contribution in [0.2, 0.25) is 5.02 Å². The van der Waals surface area contributed by atoms with E-state index < -0.39 is 18.0 Å². The zero-order valence-electron chi connectivity index (χ0n) is 22.0. The quantitative estimate of drug-likeness (QED) is 0.310. The van der Waals surface area contributed by atoms with Crippen molar-refractivity contribution in [1.82, 2.24) is 9.55 Å². The van der Waals surface area contributed by atoms with Crippen molar-refractivity contribution < 1.29 is 28.8 Å². The first-order valence-electron chi connectivity index (χ1n) is 12.2. The molecule has 0 radical (unpaired) electrons. The number of esters is 1. The fraction of sp³-hybridized carbons (Fsp3) is 0.429. The van der Waals surface area contributed by atoms with E-state index in [2.05, 4.69) is 11.9 Å². The number of aliphatic hydroxyl groups excluding tert-OH is 1. The monoisotopic (exact) mass is 530 g/mol. The van der Waals surface area contributed by atoms with Crippen molar-refractivity contribution in [1.29, 1.82) is 0 Å². The van der Waals surface area contributed by atoms with Crippen LogP contribution in [-0.2, 0) is 28.9 Å². The number of hydrogen-bond acceptors (Lipinski definition) is 7. The number of ether oxygens (including phenoxy) is 4. The number of aryl methyl sites for hydroxylation is 1. The van der Waals surface area contributed by atoms with Gasteiger partial charge < -0.3 is 28.6 Å². The number of unbranched alkanes of at least 4 members (excludes halogenated alkanes) is 1. The van der Waals surface area contributed by atoms with Crippen LogP contribution in [0.25, 0.3) is 0 Å². The number of nitrogens with zero attached hydrogens (tertiary/aromatic N) is 2. The largest absolute Gasteiger partial charge is 0.493 e. The van der Waals surface area contributed by atoms with Crippen LogP contribution in [0.15, 0.2) is 42.6 Å². The zero-order chi connectivity index (χ0) is 26.9. The number of hydrogen-bond donors (Lipinski definition) is 1. The Hall–Kier alpha value is -3.23. The number of imidazole rings is 1. The summed E-state index contributed by atoms with van der Waals surface area (Å²) in [5, 5.41) is 12.2. The summed E-state index contributed by atoms with van der Waals surface area (Å²) in [7, 11) is 5.89. The Labute approximate surface area is 223 Å². The van der Waals surface area contributed by atoms with Crippen LogP contribution in [0.5, 0.6) is 17.2 Å². The van der Waals surface area contributed by atoms with Crippen molar-refractivity contribution >= 4 is 17.6 Å². The molecule has 0 aliphatic heterocycles. The van der Waals surface area contributed by atoms with Crippen LogP contribution >= 0.6 is 11.6 Å². The molecule has 0 amide bonds. The second kappa shape index (κ2) is 13.4. The summed E-state index contributed by atoms with van der Waals surface area (Å²) in [5.41, 5.74) is 2.13. The number of rotatable bonds is 13. The molecule has 1 N–H and O–H groups in total. The second-order valence-corrected chi connectivity index (χ2v) is 9.10. The fourth-order valence-corrected chi connectivity index (χ4v) is 4.56. The Balaban J connectivity index is 2.02. The van der Waals surface area contributed by atoms with E-state index in [1.54, 1.807) is 18.3 Å². The molecule has 0 bridgehead atoms. The minimum Gasteiger partial charge on any atom is -0.493 e. The lowest BCUT2D eigenvalue weighted by molar-refractivity contribution is -0.149. The summed E-state index contributed by atoms with van der Waals surface area (Å²) < 4.78 is 23.4. The molecular weight excluding hydrogens is 496 g/mol. The van der Waals surface area contributed by atoms with E-state index in [1.165, 1.54) is 28.4 Å². The van der Waals surface area contributed by atoms with Gasteiger partial charge in [0.1, 0.15) is 11.9 Å². The van der Waals surface area contributed by atoms with E-state index >= 15 is 0 Å². The number of aromatic nitrogens is 2. The molecule has 0 saturated heterocycles. The molecule has 0 aliphatic carbocycles. The van der Waals surface area contributed by atoms with Crippen LogP contribution in [0.3, 0.4) is 0 Å². The molecule has 37 heavy (non-hydrogen) atoms. The van der Waals surface area contributed by atoms with Crippen molar-refractivity contribution in [2.45, 2.75) is 45.3 Å². The molecule has 9 heteroatoms. The zero-order valence-corrected chi connectivity index (χ0v) is 22.7. The highest BCUT2D eigenvalue weighted by Gasteiger charge is 2.33. The van der Waals surface area contributed by atoms with Gasteiger partial charge >= 0.3 is 5.97 Å². The molecule has 0 spiro atoms. The van der Waals surface area contributed by atoms with Gasteiger partial charge in [0.05, 0.1) is 52.8 Å². The highest BCUT2D eigenvalue weighted by molar-refractivity contribution is 6.31. The van der Waals surface area contributed by atoms with Crippen LogP contribution in [0.1, 0.15) is 48.5 Å². The van der Waals surface area contributed by atoms with Gasteiger partial charge in [-0.3, -0.25) is 4.79 Å². The normalized spacial score (nSPS) is 12.6. The summed E-state index contributed by atoms with van der Waals surface area (Å²) in [6, 6.07) is 11.1. The predicted molar refractivity (Wildman–Crippen MR) is 142 cm³/mol. The van der Waals surface area contributed by atoms with E-state index in [9.17, 15) is 9.90 Å². The van der Waals surface area contributed by atoms with Gasteiger partial charge in [0.15, 0.2) is 11.5 Å². The highest BCUT2D eigenvalue weighted by Crippen LogP contribution is 2.40. The summed E-state index contributed by atoms with van der Waals surface area (Å²) in [6.07, 6.45) is 3.31. The summed E-state index contributed by atoms with van der Waals surface area (Å²) in [6.45, 7) is 2.53. The maximum absolute atomic E-state index is 12.9. The van der Waals surface area contributed by atoms with Crippen LogP contribution in [0, 0.1) is 5.92 Å². The third-order valence-electron chi connectivity index (χ3n) is 6.38. The number of aliphatic hydroxyl groups is 1. The van der Waals surface area contributed by atoms with Gasteiger partial charge in [0.25, 0.3) is 0 Å². The molecule has 0 aliphatic rings. The first-order chi connectivity index (χ1) is 17.9. The maximum Gasteiger partial charge on any atom is 0.312 e. The molecule has 3 aromatic rings. The van der Waals surface area contributed by atoms with Gasteiger partial charge in [0, 0.05) is 11.4 Å². The van der Waals surface area contributed by atoms with E-state index in [1.807, 2.05) is 28.8 Å². The summed E-state index contributed by atoms with van der Waals surface area (Å²) >= 11 is 6.45. The van der Waals surface area contributed by atoms with Crippen molar-refractivity contribution in [3.05, 3.63) is 70.3 Å². The summed E-state index contributed by atoms with van der Waals surface area (Å²) in [4.78, 5) is 17.5. The smallest absolute Gasteiger partial charge is 0.312 e. The first kappa shape index (κ1) is 28.3. The van der Waals surface area contributed by atoms with Crippen molar-refractivity contribution in [2.75, 3.05) is 28.4 Å². The topological polar surface area (TPSA) is 92.0 Å². The van der Waals surface area contributed by atoms with Gasteiger partial charge in [-0.2, -0.15) is 0 Å². The molecule has 3 rings (SSSR count). The minimum absolute atomic E-state index is 0.173. The first-order valence-corrected chi connectivity index (χ1v) is 12.6. The average Bonchev–Trinajstić information content (AvgIpc) is 3.32. The second-order valence-electron chi connectivity index (χ2n) is 8.69. The lowest BCUT2D eigenvalue weighted by Gasteiger charge is -2.24.